The quantitative estimate of drug-likeness (QED) is 0.749. The van der Waals surface area contributed by atoms with Gasteiger partial charge in [-0.2, -0.15) is 4.31 Å². The Balaban J connectivity index is 3.19. The first kappa shape index (κ1) is 18.6. The lowest BCUT2D eigenvalue weighted by Crippen LogP contribution is -2.36. The van der Waals surface area contributed by atoms with Gasteiger partial charge in [0.25, 0.3) is 0 Å². The summed E-state index contributed by atoms with van der Waals surface area (Å²) in [5.74, 6) is 0.157. The highest BCUT2D eigenvalue weighted by molar-refractivity contribution is 7.89. The van der Waals surface area contributed by atoms with Crippen molar-refractivity contribution >= 4 is 50.4 Å². The van der Waals surface area contributed by atoms with Gasteiger partial charge in [0, 0.05) is 24.5 Å². The molecular formula is C13H18Cl2N2O2S2. The topological polar surface area (TPSA) is 63.4 Å². The number of nitrogens with two attached hydrogens (primary N) is 1. The highest BCUT2D eigenvalue weighted by Crippen LogP contribution is 2.28. The third-order valence-corrected chi connectivity index (χ3v) is 5.47. The summed E-state index contributed by atoms with van der Waals surface area (Å²) in [7, 11) is -3.74. The van der Waals surface area contributed by atoms with Crippen LogP contribution in [0.1, 0.15) is 20.3 Å². The largest absolute Gasteiger partial charge is 0.393 e. The SMILES string of the molecule is CC(C)CN(CCC(N)=S)S(=O)(=O)c1cc(Cl)ccc1Cl. The molecule has 0 amide bonds. The number of sulfonamides is 1. The smallest absolute Gasteiger partial charge is 0.244 e. The van der Waals surface area contributed by atoms with E-state index in [9.17, 15) is 8.42 Å². The predicted molar refractivity (Wildman–Crippen MR) is 91.5 cm³/mol. The van der Waals surface area contributed by atoms with Gasteiger partial charge in [0.1, 0.15) is 4.90 Å². The summed E-state index contributed by atoms with van der Waals surface area (Å²) in [6.07, 6.45) is 0.319. The van der Waals surface area contributed by atoms with E-state index in [1.165, 1.54) is 16.4 Å². The maximum atomic E-state index is 12.8. The number of hydrogen-bond donors (Lipinski definition) is 1. The van der Waals surface area contributed by atoms with E-state index in [1.54, 1.807) is 6.07 Å². The predicted octanol–water partition coefficient (Wildman–Crippen LogP) is 3.32. The van der Waals surface area contributed by atoms with Gasteiger partial charge in [-0.1, -0.05) is 49.3 Å². The minimum absolute atomic E-state index is 0.000237. The average molecular weight is 369 g/mol. The number of rotatable bonds is 7. The fourth-order valence-corrected chi connectivity index (χ4v) is 4.20. The van der Waals surface area contributed by atoms with Crippen molar-refractivity contribution in [2.45, 2.75) is 25.2 Å². The number of nitrogens with zero attached hydrogens (tertiary/aromatic N) is 1. The van der Waals surface area contributed by atoms with Crippen molar-refractivity contribution < 1.29 is 8.42 Å². The summed E-state index contributed by atoms with van der Waals surface area (Å²) >= 11 is 16.7. The molecule has 0 saturated heterocycles. The molecule has 0 aromatic heterocycles. The molecule has 0 aliphatic heterocycles. The molecule has 8 heteroatoms. The fraction of sp³-hybridized carbons (Fsp3) is 0.462. The molecule has 0 atom stereocenters. The molecule has 0 aliphatic rings. The first-order valence-electron chi connectivity index (χ1n) is 6.38. The van der Waals surface area contributed by atoms with Crippen LogP contribution in [0.4, 0.5) is 0 Å². The zero-order valence-electron chi connectivity index (χ0n) is 11.8. The maximum Gasteiger partial charge on any atom is 0.244 e. The molecule has 0 saturated carbocycles. The van der Waals surface area contributed by atoms with Crippen molar-refractivity contribution in [2.24, 2.45) is 11.7 Å². The molecule has 0 spiro atoms. The van der Waals surface area contributed by atoms with Crippen LogP contribution in [0.3, 0.4) is 0 Å². The summed E-state index contributed by atoms with van der Waals surface area (Å²) in [4.78, 5) is 0.274. The first-order chi connectivity index (χ1) is 9.64. The van der Waals surface area contributed by atoms with Crippen LogP contribution in [-0.4, -0.2) is 30.8 Å². The van der Waals surface area contributed by atoms with E-state index in [4.69, 9.17) is 41.2 Å². The molecular weight excluding hydrogens is 351 g/mol. The van der Waals surface area contributed by atoms with Crippen molar-refractivity contribution in [1.82, 2.24) is 4.31 Å². The lowest BCUT2D eigenvalue weighted by molar-refractivity contribution is 0.374. The van der Waals surface area contributed by atoms with Crippen LogP contribution >= 0.6 is 35.4 Å². The second-order valence-electron chi connectivity index (χ2n) is 5.05. The van der Waals surface area contributed by atoms with Crippen molar-refractivity contribution in [3.05, 3.63) is 28.2 Å². The van der Waals surface area contributed by atoms with E-state index in [0.717, 1.165) is 0 Å². The Hall–Kier alpha value is -0.400. The van der Waals surface area contributed by atoms with E-state index in [-0.39, 0.29) is 27.4 Å². The van der Waals surface area contributed by atoms with Crippen LogP contribution in [0, 0.1) is 5.92 Å². The minimum Gasteiger partial charge on any atom is -0.393 e. The van der Waals surface area contributed by atoms with Crippen molar-refractivity contribution in [3.8, 4) is 0 Å². The van der Waals surface area contributed by atoms with E-state index in [1.807, 2.05) is 13.8 Å². The Morgan fingerprint density at radius 1 is 1.38 bits per heavy atom. The van der Waals surface area contributed by atoms with Crippen LogP contribution in [0.25, 0.3) is 0 Å². The molecule has 118 valence electrons. The Morgan fingerprint density at radius 3 is 2.52 bits per heavy atom. The molecule has 1 rings (SSSR count). The third-order valence-electron chi connectivity index (χ3n) is 2.69. The maximum absolute atomic E-state index is 12.8. The van der Waals surface area contributed by atoms with Crippen LogP contribution in [0.15, 0.2) is 23.1 Å². The Labute approximate surface area is 141 Å². The van der Waals surface area contributed by atoms with Crippen molar-refractivity contribution in [1.29, 1.82) is 0 Å². The summed E-state index contributed by atoms with van der Waals surface area (Å²) in [5, 5.41) is 0.459. The molecule has 0 fully saturated rings. The van der Waals surface area contributed by atoms with Gasteiger partial charge in [0.05, 0.1) is 10.0 Å². The normalized spacial score (nSPS) is 12.1. The third kappa shape index (κ3) is 5.38. The molecule has 0 aliphatic carbocycles. The number of hydrogen-bond acceptors (Lipinski definition) is 3. The highest BCUT2D eigenvalue weighted by atomic mass is 35.5. The van der Waals surface area contributed by atoms with Gasteiger partial charge in [0.15, 0.2) is 0 Å². The van der Waals surface area contributed by atoms with Crippen LogP contribution in [0.2, 0.25) is 10.0 Å². The molecule has 21 heavy (non-hydrogen) atoms. The fourth-order valence-electron chi connectivity index (χ4n) is 1.77. The molecule has 0 radical (unpaired) electrons. The molecule has 1 aromatic carbocycles. The van der Waals surface area contributed by atoms with Gasteiger partial charge in [-0.3, -0.25) is 0 Å². The van der Waals surface area contributed by atoms with Gasteiger partial charge in [-0.15, -0.1) is 0 Å². The summed E-state index contributed by atoms with van der Waals surface area (Å²) in [6, 6.07) is 4.37. The number of benzene rings is 1. The van der Waals surface area contributed by atoms with E-state index in [2.05, 4.69) is 0 Å². The van der Waals surface area contributed by atoms with Crippen molar-refractivity contribution in [3.63, 3.8) is 0 Å². The van der Waals surface area contributed by atoms with E-state index >= 15 is 0 Å². The second kappa shape index (κ2) is 7.74. The van der Waals surface area contributed by atoms with Crippen LogP contribution in [0.5, 0.6) is 0 Å². The minimum atomic E-state index is -3.74. The van der Waals surface area contributed by atoms with E-state index in [0.29, 0.717) is 18.0 Å². The molecule has 0 unspecified atom stereocenters. The van der Waals surface area contributed by atoms with Gasteiger partial charge in [-0.05, 0) is 24.1 Å². The van der Waals surface area contributed by atoms with Gasteiger partial charge in [0.2, 0.25) is 10.0 Å². The average Bonchev–Trinajstić information content (AvgIpc) is 2.36. The molecule has 0 bridgehead atoms. The molecule has 4 nitrogen and oxygen atoms in total. The standard InChI is InChI=1S/C13H18Cl2N2O2S2/c1-9(2)8-17(6-5-13(16)20)21(18,19)12-7-10(14)3-4-11(12)15/h3-4,7,9H,5-6,8H2,1-2H3,(H2,16,20). The van der Waals surface area contributed by atoms with Gasteiger partial charge < -0.3 is 5.73 Å². The van der Waals surface area contributed by atoms with Crippen LogP contribution < -0.4 is 5.73 Å². The zero-order valence-corrected chi connectivity index (χ0v) is 15.0. The number of halogens is 2. The van der Waals surface area contributed by atoms with Crippen molar-refractivity contribution in [2.75, 3.05) is 13.1 Å². The van der Waals surface area contributed by atoms with Gasteiger partial charge in [-0.25, -0.2) is 8.42 Å². The Bertz CT molecular complexity index is 619. The summed E-state index contributed by atoms with van der Waals surface area (Å²) in [5.41, 5.74) is 5.47. The molecule has 1 aromatic rings. The highest BCUT2D eigenvalue weighted by Gasteiger charge is 2.27. The Morgan fingerprint density at radius 2 is 2.00 bits per heavy atom. The van der Waals surface area contributed by atoms with Gasteiger partial charge >= 0.3 is 0 Å². The first-order valence-corrected chi connectivity index (χ1v) is 8.98. The summed E-state index contributed by atoms with van der Waals surface area (Å²) in [6.45, 7) is 4.44. The zero-order chi connectivity index (χ0) is 16.2. The number of thiocarbonyl (C=S) groups is 1. The lowest BCUT2D eigenvalue weighted by Gasteiger charge is -2.24. The second-order valence-corrected chi connectivity index (χ2v) is 8.32. The lowest BCUT2D eigenvalue weighted by atomic mass is 10.2. The summed E-state index contributed by atoms with van der Waals surface area (Å²) < 4.78 is 26.8. The molecule has 0 heterocycles. The van der Waals surface area contributed by atoms with Crippen LogP contribution in [-0.2, 0) is 10.0 Å². The van der Waals surface area contributed by atoms with E-state index < -0.39 is 10.0 Å². The monoisotopic (exact) mass is 368 g/mol. The molecule has 2 N–H and O–H groups in total. The Kier molecular flexibility index (Phi) is 6.87.